The molecule has 0 aromatic heterocycles. The maximum Gasteiger partial charge on any atom is 0.416 e. The van der Waals surface area contributed by atoms with Crippen molar-refractivity contribution in [1.82, 2.24) is 19.6 Å². The van der Waals surface area contributed by atoms with Crippen LogP contribution in [0.2, 0.25) is 0 Å². The van der Waals surface area contributed by atoms with E-state index in [1.807, 2.05) is 22.9 Å². The number of ether oxygens (including phenoxy) is 1. The van der Waals surface area contributed by atoms with E-state index >= 15 is 0 Å². The van der Waals surface area contributed by atoms with E-state index in [1.54, 1.807) is 12.1 Å². The summed E-state index contributed by atoms with van der Waals surface area (Å²) in [6.45, 7) is 6.28. The van der Waals surface area contributed by atoms with Gasteiger partial charge in [0.1, 0.15) is 5.60 Å². The third kappa shape index (κ3) is 7.88. The minimum Gasteiger partial charge on any atom is -0.441 e. The Balaban J connectivity index is 0.906. The second kappa shape index (κ2) is 13.9. The van der Waals surface area contributed by atoms with Gasteiger partial charge in [0, 0.05) is 77.7 Å². The average Bonchev–Trinajstić information content (AvgIpc) is 3.36. The molecule has 3 saturated heterocycles. The van der Waals surface area contributed by atoms with Crippen molar-refractivity contribution in [2.75, 3.05) is 46.3 Å². The molecule has 0 radical (unpaired) electrons. The Bertz CT molecular complexity index is 1310. The normalized spacial score (nSPS) is 24.7. The van der Waals surface area contributed by atoms with E-state index in [9.17, 15) is 22.8 Å². The third-order valence-electron chi connectivity index (χ3n) is 10.9. The molecule has 0 N–H and O–H groups in total. The summed E-state index contributed by atoms with van der Waals surface area (Å²) in [7, 11) is 1.99. The average molecular weight is 641 g/mol. The molecule has 4 fully saturated rings. The number of nitrogens with zero attached hydrogens (tertiary/aromatic N) is 4. The lowest BCUT2D eigenvalue weighted by Crippen LogP contribution is -2.48. The van der Waals surface area contributed by atoms with E-state index in [4.69, 9.17) is 4.74 Å². The van der Waals surface area contributed by atoms with Crippen LogP contribution in [0.3, 0.4) is 0 Å². The predicted molar refractivity (Wildman–Crippen MR) is 170 cm³/mol. The summed E-state index contributed by atoms with van der Waals surface area (Å²) in [6, 6.07) is 16.2. The molecular formula is C36H47F3N4O3. The van der Waals surface area contributed by atoms with Crippen molar-refractivity contribution in [3.63, 3.8) is 0 Å². The highest BCUT2D eigenvalue weighted by Gasteiger charge is 2.47. The molecule has 2 aromatic carbocycles. The van der Waals surface area contributed by atoms with Crippen molar-refractivity contribution in [2.45, 2.75) is 82.3 Å². The molecule has 2 amide bonds. The Hall–Kier alpha value is -3.11. The van der Waals surface area contributed by atoms with E-state index in [0.29, 0.717) is 44.4 Å². The molecule has 4 aliphatic rings. The molecule has 1 aliphatic carbocycles. The Morgan fingerprint density at radius 1 is 0.848 bits per heavy atom. The number of likely N-dealkylation sites (tertiary alicyclic amines) is 2. The first kappa shape index (κ1) is 32.8. The van der Waals surface area contributed by atoms with E-state index < -0.39 is 17.3 Å². The standard InChI is InChI=1S/C36H47F3N4O3/c1-40(32-15-19-41(20-16-32)23-27-5-3-2-4-6-27)33(44)30-11-7-29(8-12-30)25-43-26-35(46-34(43)45)17-21-42(22-18-35)24-28-9-13-31(14-10-28)36(37,38)39/h2-6,9-10,13-14,29-30,32H,7-8,11-12,15-26H2,1H3/t29-,30-. The number of amides is 2. The molecule has 6 rings (SSSR count). The van der Waals surface area contributed by atoms with Gasteiger partial charge in [-0.15, -0.1) is 0 Å². The molecule has 0 bridgehead atoms. The van der Waals surface area contributed by atoms with Crippen LogP contribution in [0.1, 0.15) is 68.1 Å². The van der Waals surface area contributed by atoms with Crippen LogP contribution < -0.4 is 0 Å². The Morgan fingerprint density at radius 2 is 1.43 bits per heavy atom. The highest BCUT2D eigenvalue weighted by Crippen LogP contribution is 2.37. The summed E-state index contributed by atoms with van der Waals surface area (Å²) in [6.07, 6.45) is 2.50. The zero-order chi connectivity index (χ0) is 32.3. The van der Waals surface area contributed by atoms with Crippen LogP contribution in [0.25, 0.3) is 0 Å². The van der Waals surface area contributed by atoms with Gasteiger partial charge in [0.05, 0.1) is 12.1 Å². The van der Waals surface area contributed by atoms with Crippen LogP contribution in [-0.4, -0.2) is 89.6 Å². The van der Waals surface area contributed by atoms with Gasteiger partial charge in [-0.2, -0.15) is 13.2 Å². The van der Waals surface area contributed by atoms with Gasteiger partial charge in [-0.25, -0.2) is 4.79 Å². The zero-order valence-corrected chi connectivity index (χ0v) is 26.9. The molecule has 46 heavy (non-hydrogen) atoms. The van der Waals surface area contributed by atoms with Crippen LogP contribution in [0, 0.1) is 11.8 Å². The van der Waals surface area contributed by atoms with E-state index in [1.165, 1.54) is 5.56 Å². The molecule has 7 nitrogen and oxygen atoms in total. The Labute approximate surface area is 270 Å². The van der Waals surface area contributed by atoms with E-state index in [-0.39, 0.29) is 17.9 Å². The molecule has 250 valence electrons. The van der Waals surface area contributed by atoms with Gasteiger partial charge >= 0.3 is 12.3 Å². The quantitative estimate of drug-likeness (QED) is 0.334. The largest absolute Gasteiger partial charge is 0.441 e. The minimum atomic E-state index is -4.33. The summed E-state index contributed by atoms with van der Waals surface area (Å²) in [4.78, 5) is 34.9. The summed E-state index contributed by atoms with van der Waals surface area (Å²) in [5.41, 5.74) is 1.06. The second-order valence-corrected chi connectivity index (χ2v) is 14.1. The first-order valence-corrected chi connectivity index (χ1v) is 17.0. The first-order valence-electron chi connectivity index (χ1n) is 17.0. The Kier molecular flexibility index (Phi) is 9.94. The lowest BCUT2D eigenvalue weighted by Gasteiger charge is -2.39. The molecule has 3 heterocycles. The second-order valence-electron chi connectivity index (χ2n) is 14.1. The van der Waals surface area contributed by atoms with Gasteiger partial charge in [-0.3, -0.25) is 14.6 Å². The number of benzene rings is 2. The SMILES string of the molecule is CN(C(=O)[C@H]1CC[C@H](CN2CC3(CCN(Cc4ccc(C(F)(F)F)cc4)CC3)OC2=O)CC1)C1CCN(Cc2ccccc2)CC1. The zero-order valence-electron chi connectivity index (χ0n) is 26.9. The molecule has 1 saturated carbocycles. The topological polar surface area (TPSA) is 56.3 Å². The molecule has 10 heteroatoms. The fourth-order valence-corrected chi connectivity index (χ4v) is 7.95. The van der Waals surface area contributed by atoms with Crippen molar-refractivity contribution in [1.29, 1.82) is 0 Å². The van der Waals surface area contributed by atoms with Crippen LogP contribution in [0.4, 0.5) is 18.0 Å². The number of hydrogen-bond acceptors (Lipinski definition) is 5. The van der Waals surface area contributed by atoms with Crippen LogP contribution in [0.5, 0.6) is 0 Å². The summed E-state index contributed by atoms with van der Waals surface area (Å²) in [5, 5.41) is 0. The molecular weight excluding hydrogens is 593 g/mol. The first-order chi connectivity index (χ1) is 22.1. The van der Waals surface area contributed by atoms with E-state index in [0.717, 1.165) is 88.9 Å². The summed E-state index contributed by atoms with van der Waals surface area (Å²) >= 11 is 0. The van der Waals surface area contributed by atoms with Gasteiger partial charge < -0.3 is 14.5 Å². The minimum absolute atomic E-state index is 0.0643. The predicted octanol–water partition coefficient (Wildman–Crippen LogP) is 6.42. The van der Waals surface area contributed by atoms with Gasteiger partial charge in [-0.05, 0) is 67.7 Å². The summed E-state index contributed by atoms with van der Waals surface area (Å²) in [5.74, 6) is 0.718. The highest BCUT2D eigenvalue weighted by molar-refractivity contribution is 5.79. The van der Waals surface area contributed by atoms with Crippen molar-refractivity contribution in [3.8, 4) is 0 Å². The van der Waals surface area contributed by atoms with E-state index in [2.05, 4.69) is 34.1 Å². The number of piperidine rings is 2. The van der Waals surface area contributed by atoms with Crippen molar-refractivity contribution >= 4 is 12.0 Å². The number of hydrogen-bond donors (Lipinski definition) is 0. The fraction of sp³-hybridized carbons (Fsp3) is 0.611. The lowest BCUT2D eigenvalue weighted by molar-refractivity contribution is -0.139. The lowest BCUT2D eigenvalue weighted by atomic mass is 9.80. The molecule has 3 aliphatic heterocycles. The molecule has 0 unspecified atom stereocenters. The van der Waals surface area contributed by atoms with Crippen molar-refractivity contribution < 1.29 is 27.5 Å². The number of halogens is 3. The third-order valence-corrected chi connectivity index (χ3v) is 10.9. The van der Waals surface area contributed by atoms with Gasteiger partial charge in [0.15, 0.2) is 0 Å². The summed E-state index contributed by atoms with van der Waals surface area (Å²) < 4.78 is 44.6. The van der Waals surface area contributed by atoms with Crippen molar-refractivity contribution in [3.05, 3.63) is 71.3 Å². The number of carbonyl (C=O) groups excluding carboxylic acids is 2. The number of rotatable bonds is 8. The van der Waals surface area contributed by atoms with Gasteiger partial charge in [0.2, 0.25) is 5.91 Å². The maximum atomic E-state index is 13.5. The number of alkyl halides is 3. The van der Waals surface area contributed by atoms with Crippen molar-refractivity contribution in [2.24, 2.45) is 11.8 Å². The fourth-order valence-electron chi connectivity index (χ4n) is 7.95. The van der Waals surface area contributed by atoms with Gasteiger partial charge in [0.25, 0.3) is 0 Å². The maximum absolute atomic E-state index is 13.5. The smallest absolute Gasteiger partial charge is 0.416 e. The van der Waals surface area contributed by atoms with Crippen LogP contribution >= 0.6 is 0 Å². The Morgan fingerprint density at radius 3 is 2.04 bits per heavy atom. The van der Waals surface area contributed by atoms with Gasteiger partial charge in [-0.1, -0.05) is 42.5 Å². The number of carbonyl (C=O) groups is 2. The highest BCUT2D eigenvalue weighted by atomic mass is 19.4. The molecule has 2 aromatic rings. The molecule has 1 spiro atoms. The monoisotopic (exact) mass is 640 g/mol. The van der Waals surface area contributed by atoms with Crippen LogP contribution in [-0.2, 0) is 28.8 Å². The molecule has 0 atom stereocenters. The van der Waals surface area contributed by atoms with Crippen LogP contribution in [0.15, 0.2) is 54.6 Å².